The normalized spacial score (nSPS) is 10.2. The van der Waals surface area contributed by atoms with Gasteiger partial charge in [0.05, 0.1) is 24.1 Å². The highest BCUT2D eigenvalue weighted by molar-refractivity contribution is 7.08. The van der Waals surface area contributed by atoms with Gasteiger partial charge >= 0.3 is 0 Å². The fraction of sp³-hybridized carbons (Fsp3) is 0.167. The number of carbonyl (C=O) groups excluding carboxylic acids is 1. The van der Waals surface area contributed by atoms with Gasteiger partial charge in [-0.1, -0.05) is 0 Å². The van der Waals surface area contributed by atoms with Crippen molar-refractivity contribution in [1.29, 1.82) is 0 Å². The van der Waals surface area contributed by atoms with E-state index in [0.29, 0.717) is 11.3 Å². The molecular formula is C12H12N2O2S. The van der Waals surface area contributed by atoms with Crippen LogP contribution < -0.4 is 5.48 Å². The number of rotatable bonds is 3. The molecule has 1 N–H and O–H groups in total. The van der Waals surface area contributed by atoms with E-state index in [9.17, 15) is 4.79 Å². The first-order valence-corrected chi connectivity index (χ1v) is 6.00. The number of amides is 1. The average molecular weight is 248 g/mol. The Morgan fingerprint density at radius 2 is 2.24 bits per heavy atom. The van der Waals surface area contributed by atoms with E-state index in [1.54, 1.807) is 24.3 Å². The molecule has 88 valence electrons. The quantitative estimate of drug-likeness (QED) is 0.849. The van der Waals surface area contributed by atoms with Gasteiger partial charge in [-0.2, -0.15) is 11.3 Å². The Hall–Kier alpha value is -1.72. The van der Waals surface area contributed by atoms with Crippen molar-refractivity contribution in [2.75, 3.05) is 7.11 Å². The molecule has 17 heavy (non-hydrogen) atoms. The van der Waals surface area contributed by atoms with Crippen LogP contribution in [0.3, 0.4) is 0 Å². The summed E-state index contributed by atoms with van der Waals surface area (Å²) in [4.78, 5) is 20.6. The smallest absolute Gasteiger partial charge is 0.276 e. The molecule has 0 fully saturated rings. The van der Waals surface area contributed by atoms with Gasteiger partial charge in [-0.15, -0.1) is 0 Å². The number of hydroxylamine groups is 1. The Kier molecular flexibility index (Phi) is 3.51. The molecule has 0 radical (unpaired) electrons. The Bertz CT molecular complexity index is 523. The minimum Gasteiger partial charge on any atom is -0.277 e. The van der Waals surface area contributed by atoms with Gasteiger partial charge in [0.15, 0.2) is 0 Å². The second-order valence-corrected chi connectivity index (χ2v) is 4.26. The molecule has 2 aromatic rings. The van der Waals surface area contributed by atoms with Gasteiger partial charge in [0.1, 0.15) is 0 Å². The molecule has 0 aliphatic carbocycles. The number of pyridine rings is 1. The van der Waals surface area contributed by atoms with Gasteiger partial charge in [-0.3, -0.25) is 14.6 Å². The number of hydrogen-bond acceptors (Lipinski definition) is 4. The molecule has 0 aliphatic heterocycles. The van der Waals surface area contributed by atoms with Crippen LogP contribution in [0.5, 0.6) is 0 Å². The third kappa shape index (κ3) is 2.51. The highest BCUT2D eigenvalue weighted by Gasteiger charge is 2.10. The molecule has 1 amide bonds. The Morgan fingerprint density at radius 3 is 2.82 bits per heavy atom. The number of thiophene rings is 1. The molecule has 0 atom stereocenters. The first-order valence-electron chi connectivity index (χ1n) is 5.06. The van der Waals surface area contributed by atoms with Crippen molar-refractivity contribution < 1.29 is 9.63 Å². The third-order valence-corrected chi connectivity index (χ3v) is 3.03. The molecule has 0 aromatic carbocycles. The van der Waals surface area contributed by atoms with Crippen LogP contribution in [-0.2, 0) is 4.84 Å². The zero-order valence-electron chi connectivity index (χ0n) is 9.56. The highest BCUT2D eigenvalue weighted by Crippen LogP contribution is 2.21. The average Bonchev–Trinajstić information content (AvgIpc) is 2.82. The van der Waals surface area contributed by atoms with Crippen LogP contribution in [0.25, 0.3) is 11.3 Å². The van der Waals surface area contributed by atoms with Gasteiger partial charge in [0.2, 0.25) is 0 Å². The standard InChI is InChI=1S/C12H12N2O2S/c1-8-10(12(15)14-16-2)3-4-11(13-8)9-5-6-17-7-9/h3-7H,1-2H3,(H,14,15). The fourth-order valence-corrected chi connectivity index (χ4v) is 2.17. The van der Waals surface area contributed by atoms with Crippen LogP contribution in [0, 0.1) is 6.92 Å². The first-order chi connectivity index (χ1) is 8.22. The van der Waals surface area contributed by atoms with Crippen LogP contribution in [0.1, 0.15) is 16.1 Å². The number of aryl methyl sites for hydroxylation is 1. The van der Waals surface area contributed by atoms with E-state index < -0.39 is 0 Å². The summed E-state index contributed by atoms with van der Waals surface area (Å²) >= 11 is 1.62. The largest absolute Gasteiger partial charge is 0.277 e. The molecule has 0 saturated heterocycles. The summed E-state index contributed by atoms with van der Waals surface area (Å²) in [5.41, 5.74) is 5.42. The van der Waals surface area contributed by atoms with Gasteiger partial charge < -0.3 is 0 Å². The number of nitrogens with one attached hydrogen (secondary N) is 1. The van der Waals surface area contributed by atoms with Crippen molar-refractivity contribution in [2.24, 2.45) is 0 Å². The lowest BCUT2D eigenvalue weighted by Gasteiger charge is -2.06. The molecule has 4 nitrogen and oxygen atoms in total. The van der Waals surface area contributed by atoms with E-state index in [1.807, 2.05) is 22.9 Å². The topological polar surface area (TPSA) is 51.2 Å². The van der Waals surface area contributed by atoms with Crippen molar-refractivity contribution in [3.8, 4) is 11.3 Å². The fourth-order valence-electron chi connectivity index (χ4n) is 1.52. The van der Waals surface area contributed by atoms with E-state index in [1.165, 1.54) is 7.11 Å². The Labute approximate surface area is 103 Å². The molecule has 2 aromatic heterocycles. The maximum atomic E-state index is 11.6. The van der Waals surface area contributed by atoms with E-state index in [-0.39, 0.29) is 5.91 Å². The van der Waals surface area contributed by atoms with E-state index >= 15 is 0 Å². The summed E-state index contributed by atoms with van der Waals surface area (Å²) in [7, 11) is 1.40. The molecule has 0 unspecified atom stereocenters. The zero-order valence-corrected chi connectivity index (χ0v) is 10.4. The SMILES string of the molecule is CONC(=O)c1ccc(-c2ccsc2)nc1C. The van der Waals surface area contributed by atoms with Gasteiger partial charge in [-0.05, 0) is 30.5 Å². The third-order valence-electron chi connectivity index (χ3n) is 2.34. The van der Waals surface area contributed by atoms with Crippen LogP contribution in [0.4, 0.5) is 0 Å². The summed E-state index contributed by atoms with van der Waals surface area (Å²) < 4.78 is 0. The van der Waals surface area contributed by atoms with Crippen molar-refractivity contribution >= 4 is 17.2 Å². The number of hydrogen-bond donors (Lipinski definition) is 1. The maximum Gasteiger partial charge on any atom is 0.276 e. The Balaban J connectivity index is 2.32. The predicted octanol–water partition coefficient (Wildman–Crippen LogP) is 2.41. The van der Waals surface area contributed by atoms with Crippen molar-refractivity contribution in [1.82, 2.24) is 10.5 Å². The molecule has 2 heterocycles. The minimum absolute atomic E-state index is 0.283. The van der Waals surface area contributed by atoms with Crippen molar-refractivity contribution in [2.45, 2.75) is 6.92 Å². The molecule has 0 aliphatic rings. The zero-order chi connectivity index (χ0) is 12.3. The minimum atomic E-state index is -0.283. The molecule has 2 rings (SSSR count). The predicted molar refractivity (Wildman–Crippen MR) is 66.8 cm³/mol. The first kappa shape index (κ1) is 11.8. The molecule has 0 bridgehead atoms. The van der Waals surface area contributed by atoms with Crippen LogP contribution >= 0.6 is 11.3 Å². The molecule has 0 saturated carbocycles. The van der Waals surface area contributed by atoms with Crippen LogP contribution in [-0.4, -0.2) is 18.0 Å². The lowest BCUT2D eigenvalue weighted by Crippen LogP contribution is -2.23. The highest BCUT2D eigenvalue weighted by atomic mass is 32.1. The van der Waals surface area contributed by atoms with Crippen molar-refractivity contribution in [3.05, 3.63) is 40.2 Å². The summed E-state index contributed by atoms with van der Waals surface area (Å²) in [5, 5.41) is 4.02. The summed E-state index contributed by atoms with van der Waals surface area (Å²) in [5.74, 6) is -0.283. The molecular weight excluding hydrogens is 236 g/mol. The summed E-state index contributed by atoms with van der Waals surface area (Å²) in [6, 6.07) is 5.59. The summed E-state index contributed by atoms with van der Waals surface area (Å²) in [6.07, 6.45) is 0. The summed E-state index contributed by atoms with van der Waals surface area (Å²) in [6.45, 7) is 1.81. The lowest BCUT2D eigenvalue weighted by molar-refractivity contribution is 0.0536. The number of carbonyl (C=O) groups is 1. The second kappa shape index (κ2) is 5.07. The van der Waals surface area contributed by atoms with E-state index in [2.05, 4.69) is 15.3 Å². The molecule has 0 spiro atoms. The van der Waals surface area contributed by atoms with Crippen LogP contribution in [0.2, 0.25) is 0 Å². The molecule has 5 heteroatoms. The van der Waals surface area contributed by atoms with E-state index in [4.69, 9.17) is 0 Å². The maximum absolute atomic E-state index is 11.6. The lowest BCUT2D eigenvalue weighted by atomic mass is 10.1. The van der Waals surface area contributed by atoms with Gasteiger partial charge in [0, 0.05) is 10.9 Å². The van der Waals surface area contributed by atoms with Crippen LogP contribution in [0.15, 0.2) is 29.0 Å². The number of aromatic nitrogens is 1. The second-order valence-electron chi connectivity index (χ2n) is 3.48. The van der Waals surface area contributed by atoms with Gasteiger partial charge in [0.25, 0.3) is 5.91 Å². The van der Waals surface area contributed by atoms with Gasteiger partial charge in [-0.25, -0.2) is 5.48 Å². The monoisotopic (exact) mass is 248 g/mol. The number of nitrogens with zero attached hydrogens (tertiary/aromatic N) is 1. The Morgan fingerprint density at radius 1 is 1.41 bits per heavy atom. The van der Waals surface area contributed by atoms with E-state index in [0.717, 1.165) is 11.3 Å². The van der Waals surface area contributed by atoms with Crippen molar-refractivity contribution in [3.63, 3.8) is 0 Å².